The van der Waals surface area contributed by atoms with Crippen LogP contribution in [-0.4, -0.2) is 24.5 Å². The van der Waals surface area contributed by atoms with E-state index in [4.69, 9.17) is 5.26 Å². The van der Waals surface area contributed by atoms with Crippen LogP contribution in [0.2, 0.25) is 0 Å². The monoisotopic (exact) mass is 224 g/mol. The standard InChI is InChI=1S/C12H14F2N2/c1-9(8-15)16(2)6-5-10-7-11(13)3-4-12(10)14/h3-4,7,9H,5-6H2,1-2H3. The van der Waals surface area contributed by atoms with E-state index in [9.17, 15) is 8.78 Å². The number of likely N-dealkylation sites (N-methyl/N-ethyl adjacent to an activating group) is 1. The summed E-state index contributed by atoms with van der Waals surface area (Å²) in [6.07, 6.45) is 0.395. The first-order valence-corrected chi connectivity index (χ1v) is 5.08. The van der Waals surface area contributed by atoms with Crippen molar-refractivity contribution in [1.29, 1.82) is 5.26 Å². The number of nitrogens with zero attached hydrogens (tertiary/aromatic N) is 2. The molecule has 1 atom stereocenters. The van der Waals surface area contributed by atoms with Gasteiger partial charge in [0.15, 0.2) is 0 Å². The Bertz CT molecular complexity index is 398. The van der Waals surface area contributed by atoms with Gasteiger partial charge in [-0.2, -0.15) is 5.26 Å². The average molecular weight is 224 g/mol. The lowest BCUT2D eigenvalue weighted by Crippen LogP contribution is -2.29. The van der Waals surface area contributed by atoms with E-state index in [2.05, 4.69) is 6.07 Å². The van der Waals surface area contributed by atoms with Crippen LogP contribution in [0.25, 0.3) is 0 Å². The number of hydrogen-bond acceptors (Lipinski definition) is 2. The molecule has 0 spiro atoms. The van der Waals surface area contributed by atoms with Crippen LogP contribution in [0.1, 0.15) is 12.5 Å². The maximum Gasteiger partial charge on any atom is 0.126 e. The molecule has 0 aliphatic rings. The summed E-state index contributed by atoms with van der Waals surface area (Å²) < 4.78 is 26.1. The van der Waals surface area contributed by atoms with Crippen LogP contribution in [0.4, 0.5) is 8.78 Å². The zero-order chi connectivity index (χ0) is 12.1. The number of benzene rings is 1. The maximum absolute atomic E-state index is 13.3. The van der Waals surface area contributed by atoms with E-state index in [1.807, 2.05) is 0 Å². The van der Waals surface area contributed by atoms with Crippen molar-refractivity contribution in [3.8, 4) is 6.07 Å². The predicted molar refractivity (Wildman–Crippen MR) is 57.8 cm³/mol. The second-order valence-electron chi connectivity index (χ2n) is 3.77. The summed E-state index contributed by atoms with van der Waals surface area (Å²) in [6, 6.07) is 5.28. The lowest BCUT2D eigenvalue weighted by molar-refractivity contribution is 0.305. The van der Waals surface area contributed by atoms with Gasteiger partial charge in [-0.1, -0.05) is 0 Å². The molecule has 2 nitrogen and oxygen atoms in total. The molecule has 0 saturated carbocycles. The molecule has 0 radical (unpaired) electrons. The fourth-order valence-corrected chi connectivity index (χ4v) is 1.32. The molecular formula is C12H14F2N2. The molecule has 0 fully saturated rings. The molecule has 16 heavy (non-hydrogen) atoms. The van der Waals surface area contributed by atoms with Gasteiger partial charge in [0.2, 0.25) is 0 Å². The summed E-state index contributed by atoms with van der Waals surface area (Å²) in [7, 11) is 1.78. The van der Waals surface area contributed by atoms with E-state index in [-0.39, 0.29) is 6.04 Å². The molecule has 1 aromatic carbocycles. The van der Waals surface area contributed by atoms with Gasteiger partial charge in [0.25, 0.3) is 0 Å². The Hall–Kier alpha value is -1.47. The summed E-state index contributed by atoms with van der Waals surface area (Å²) in [5.74, 6) is -0.841. The van der Waals surface area contributed by atoms with Crippen molar-refractivity contribution in [2.24, 2.45) is 0 Å². The van der Waals surface area contributed by atoms with Crippen LogP contribution in [-0.2, 0) is 6.42 Å². The van der Waals surface area contributed by atoms with E-state index < -0.39 is 11.6 Å². The van der Waals surface area contributed by atoms with Gasteiger partial charge in [-0.25, -0.2) is 8.78 Å². The van der Waals surface area contributed by atoms with Gasteiger partial charge in [0.1, 0.15) is 11.6 Å². The van der Waals surface area contributed by atoms with Crippen molar-refractivity contribution >= 4 is 0 Å². The molecule has 0 amide bonds. The smallest absolute Gasteiger partial charge is 0.126 e. The van der Waals surface area contributed by atoms with E-state index in [1.165, 1.54) is 6.07 Å². The highest BCUT2D eigenvalue weighted by atomic mass is 19.1. The summed E-state index contributed by atoms with van der Waals surface area (Å²) in [5.41, 5.74) is 0.344. The molecule has 86 valence electrons. The fraction of sp³-hybridized carbons (Fsp3) is 0.417. The minimum Gasteiger partial charge on any atom is -0.291 e. The van der Waals surface area contributed by atoms with Gasteiger partial charge >= 0.3 is 0 Å². The van der Waals surface area contributed by atoms with Crippen LogP contribution >= 0.6 is 0 Å². The van der Waals surface area contributed by atoms with Gasteiger partial charge in [0, 0.05) is 6.54 Å². The topological polar surface area (TPSA) is 27.0 Å². The first-order valence-electron chi connectivity index (χ1n) is 5.08. The number of halogens is 2. The quantitative estimate of drug-likeness (QED) is 0.785. The SMILES string of the molecule is CC(C#N)N(C)CCc1cc(F)ccc1F. The molecule has 4 heteroatoms. The molecule has 0 aliphatic carbocycles. The minimum absolute atomic E-state index is 0.225. The third-order valence-corrected chi connectivity index (χ3v) is 2.59. The Balaban J connectivity index is 2.61. The third-order valence-electron chi connectivity index (χ3n) is 2.59. The number of hydrogen-bond donors (Lipinski definition) is 0. The first kappa shape index (κ1) is 12.6. The molecule has 1 aromatic rings. The van der Waals surface area contributed by atoms with Crippen molar-refractivity contribution in [3.63, 3.8) is 0 Å². The first-order chi connectivity index (χ1) is 7.54. The molecule has 1 rings (SSSR count). The summed E-state index contributed by atoms with van der Waals surface area (Å²) >= 11 is 0. The Morgan fingerprint density at radius 2 is 2.12 bits per heavy atom. The molecule has 0 heterocycles. The van der Waals surface area contributed by atoms with Gasteiger partial charge in [-0.15, -0.1) is 0 Å². The molecule has 0 aromatic heterocycles. The maximum atomic E-state index is 13.3. The van der Waals surface area contributed by atoms with Crippen molar-refractivity contribution < 1.29 is 8.78 Å². The number of rotatable bonds is 4. The van der Waals surface area contributed by atoms with Crippen LogP contribution in [0.5, 0.6) is 0 Å². The minimum atomic E-state index is -0.438. The average Bonchev–Trinajstić information content (AvgIpc) is 2.28. The molecule has 0 aliphatic heterocycles. The summed E-state index contributed by atoms with van der Waals surface area (Å²) in [4.78, 5) is 1.80. The third kappa shape index (κ3) is 3.28. The van der Waals surface area contributed by atoms with Crippen LogP contribution < -0.4 is 0 Å². The molecular weight excluding hydrogens is 210 g/mol. The highest BCUT2D eigenvalue weighted by molar-refractivity contribution is 5.19. The lowest BCUT2D eigenvalue weighted by atomic mass is 10.1. The Labute approximate surface area is 94.1 Å². The van der Waals surface area contributed by atoms with E-state index in [0.717, 1.165) is 12.1 Å². The second-order valence-corrected chi connectivity index (χ2v) is 3.77. The molecule has 0 saturated heterocycles. The molecule has 1 unspecified atom stereocenters. The van der Waals surface area contributed by atoms with Crippen LogP contribution in [0, 0.1) is 23.0 Å². The summed E-state index contributed by atoms with van der Waals surface area (Å²) in [5, 5.41) is 8.68. The van der Waals surface area contributed by atoms with E-state index >= 15 is 0 Å². The number of nitriles is 1. The van der Waals surface area contributed by atoms with Crippen molar-refractivity contribution in [1.82, 2.24) is 4.90 Å². The Morgan fingerprint density at radius 1 is 1.44 bits per heavy atom. The fourth-order valence-electron chi connectivity index (χ4n) is 1.32. The van der Waals surface area contributed by atoms with Crippen LogP contribution in [0.3, 0.4) is 0 Å². The Kier molecular flexibility index (Phi) is 4.39. The van der Waals surface area contributed by atoms with Crippen molar-refractivity contribution in [2.75, 3.05) is 13.6 Å². The second kappa shape index (κ2) is 5.57. The zero-order valence-corrected chi connectivity index (χ0v) is 9.37. The van der Waals surface area contributed by atoms with Gasteiger partial charge in [0.05, 0.1) is 12.1 Å². The normalized spacial score (nSPS) is 12.5. The predicted octanol–water partition coefficient (Wildman–Crippen LogP) is 2.35. The van der Waals surface area contributed by atoms with E-state index in [0.29, 0.717) is 18.5 Å². The largest absolute Gasteiger partial charge is 0.291 e. The van der Waals surface area contributed by atoms with Gasteiger partial charge < -0.3 is 0 Å². The Morgan fingerprint density at radius 3 is 2.75 bits per heavy atom. The zero-order valence-electron chi connectivity index (χ0n) is 9.37. The van der Waals surface area contributed by atoms with Gasteiger partial charge in [-0.05, 0) is 44.2 Å². The van der Waals surface area contributed by atoms with Crippen molar-refractivity contribution in [2.45, 2.75) is 19.4 Å². The van der Waals surface area contributed by atoms with Gasteiger partial charge in [-0.3, -0.25) is 4.90 Å². The summed E-state index contributed by atoms with van der Waals surface area (Å²) in [6.45, 7) is 2.29. The van der Waals surface area contributed by atoms with Crippen LogP contribution in [0.15, 0.2) is 18.2 Å². The highest BCUT2D eigenvalue weighted by Crippen LogP contribution is 2.11. The molecule has 0 bridgehead atoms. The van der Waals surface area contributed by atoms with Crippen molar-refractivity contribution in [3.05, 3.63) is 35.4 Å². The highest BCUT2D eigenvalue weighted by Gasteiger charge is 2.09. The lowest BCUT2D eigenvalue weighted by Gasteiger charge is -2.18. The van der Waals surface area contributed by atoms with E-state index in [1.54, 1.807) is 18.9 Å². The molecule has 0 N–H and O–H groups in total.